The second-order valence-corrected chi connectivity index (χ2v) is 7.05. The average molecular weight is 375 g/mol. The molecule has 3 N–H and O–H groups in total. The number of hydrogen-bond donors (Lipinski definition) is 2. The number of nitrogens with zero attached hydrogens (tertiary/aromatic N) is 4. The van der Waals surface area contributed by atoms with Crippen molar-refractivity contribution in [2.45, 2.75) is 26.0 Å². The summed E-state index contributed by atoms with van der Waals surface area (Å²) >= 11 is 0. The molecule has 0 aliphatic carbocycles. The summed E-state index contributed by atoms with van der Waals surface area (Å²) in [4.78, 5) is 21.7. The summed E-state index contributed by atoms with van der Waals surface area (Å²) in [6, 6.07) is 0. The third kappa shape index (κ3) is 7.05. The van der Waals surface area contributed by atoms with E-state index in [1.165, 1.54) is 6.33 Å². The lowest BCUT2D eigenvalue weighted by Crippen LogP contribution is -2.18. The van der Waals surface area contributed by atoms with Gasteiger partial charge in [0.25, 0.3) is 0 Å². The van der Waals surface area contributed by atoms with Gasteiger partial charge in [0.15, 0.2) is 5.82 Å². The molecule has 2 unspecified atom stereocenters. The molecule has 1 rings (SSSR count). The van der Waals surface area contributed by atoms with Crippen LogP contribution in [0.4, 0.5) is 5.82 Å². The molecule has 0 spiro atoms. The number of methoxy groups -OCH3 is 1. The van der Waals surface area contributed by atoms with Crippen molar-refractivity contribution in [2.24, 2.45) is 15.7 Å². The molecule has 0 fully saturated rings. The summed E-state index contributed by atoms with van der Waals surface area (Å²) < 4.78 is 28.8. The molecule has 11 heteroatoms. The van der Waals surface area contributed by atoms with Crippen molar-refractivity contribution in [1.82, 2.24) is 9.55 Å². The second-order valence-electron chi connectivity index (χ2n) is 5.26. The normalized spacial score (nSPS) is 15.8. The van der Waals surface area contributed by atoms with Crippen LogP contribution >= 0.6 is 7.60 Å². The fourth-order valence-corrected chi connectivity index (χ4v) is 2.89. The highest BCUT2D eigenvalue weighted by Crippen LogP contribution is 2.42. The zero-order valence-corrected chi connectivity index (χ0v) is 15.7. The Morgan fingerprint density at radius 1 is 1.56 bits per heavy atom. The minimum absolute atomic E-state index is 0.129. The van der Waals surface area contributed by atoms with Crippen molar-refractivity contribution in [3.8, 4) is 0 Å². The number of hydrogen-bond acceptors (Lipinski definition) is 7. The molecule has 0 aromatic carbocycles. The Hall–Kier alpha value is -1.58. The second kappa shape index (κ2) is 10.4. The Kier molecular flexibility index (Phi) is 8.95. The van der Waals surface area contributed by atoms with Gasteiger partial charge in [-0.15, -0.1) is 0 Å². The fraction of sp³-hybridized carbons (Fsp3) is 0.643. The van der Waals surface area contributed by atoms with Gasteiger partial charge in [0.2, 0.25) is 0 Å². The Morgan fingerprint density at radius 3 is 2.88 bits per heavy atom. The van der Waals surface area contributed by atoms with Crippen LogP contribution in [0.1, 0.15) is 19.0 Å². The molecule has 1 heterocycles. The van der Waals surface area contributed by atoms with Crippen molar-refractivity contribution >= 4 is 26.0 Å². The van der Waals surface area contributed by atoms with E-state index in [9.17, 15) is 9.46 Å². The van der Waals surface area contributed by atoms with Gasteiger partial charge in [-0.1, -0.05) is 0 Å². The van der Waals surface area contributed by atoms with Crippen molar-refractivity contribution in [1.29, 1.82) is 0 Å². The van der Waals surface area contributed by atoms with E-state index in [1.807, 2.05) is 0 Å². The molecule has 0 radical (unpaired) electrons. The maximum atomic E-state index is 11.9. The molecule has 0 aliphatic heterocycles. The summed E-state index contributed by atoms with van der Waals surface area (Å²) in [5.41, 5.74) is 6.19. The quantitative estimate of drug-likeness (QED) is 0.242. The fourth-order valence-electron chi connectivity index (χ4n) is 1.96. The smallest absolute Gasteiger partial charge is 0.353 e. The van der Waals surface area contributed by atoms with Crippen LogP contribution in [-0.2, 0) is 25.1 Å². The number of ether oxygens (including phenoxy) is 2. The molecule has 2 atom stereocenters. The maximum absolute atomic E-state index is 11.9. The van der Waals surface area contributed by atoms with E-state index in [0.717, 1.165) is 0 Å². The van der Waals surface area contributed by atoms with E-state index >= 15 is 0 Å². The molecular formula is C14H26N5O5P. The first-order chi connectivity index (χ1) is 11.8. The zero-order chi connectivity index (χ0) is 18.9. The number of amidine groups is 1. The van der Waals surface area contributed by atoms with Crippen LogP contribution in [0.5, 0.6) is 0 Å². The van der Waals surface area contributed by atoms with E-state index in [-0.39, 0.29) is 18.5 Å². The topological polar surface area (TPSA) is 134 Å². The molecule has 0 amide bonds. The molecule has 1 aromatic heterocycles. The lowest BCUT2D eigenvalue weighted by atomic mass is 10.3. The van der Waals surface area contributed by atoms with E-state index in [4.69, 9.17) is 19.7 Å². The van der Waals surface area contributed by atoms with Gasteiger partial charge in [0, 0.05) is 20.8 Å². The summed E-state index contributed by atoms with van der Waals surface area (Å²) in [7, 11) is -0.696. The van der Waals surface area contributed by atoms with Gasteiger partial charge < -0.3 is 29.2 Å². The molecule has 0 aliphatic rings. The monoisotopic (exact) mass is 375 g/mol. The Labute approximate surface area is 147 Å². The largest absolute Gasteiger partial charge is 0.385 e. The number of rotatable bonds is 12. The first kappa shape index (κ1) is 21.5. The van der Waals surface area contributed by atoms with Crippen LogP contribution in [-0.4, -0.2) is 66.8 Å². The van der Waals surface area contributed by atoms with Crippen LogP contribution in [0.25, 0.3) is 0 Å². The van der Waals surface area contributed by atoms with Crippen LogP contribution in [0.3, 0.4) is 0 Å². The van der Waals surface area contributed by atoms with Crippen LogP contribution in [0, 0.1) is 0 Å². The third-order valence-electron chi connectivity index (χ3n) is 3.21. The Morgan fingerprint density at radius 2 is 2.28 bits per heavy atom. The number of nitrogens with two attached hydrogens (primary N) is 1. The Balaban J connectivity index is 2.57. The van der Waals surface area contributed by atoms with Gasteiger partial charge in [-0.2, -0.15) is 0 Å². The maximum Gasteiger partial charge on any atom is 0.353 e. The van der Waals surface area contributed by atoms with Crippen molar-refractivity contribution < 1.29 is 23.5 Å². The lowest BCUT2D eigenvalue weighted by Gasteiger charge is -2.17. The molecule has 142 valence electrons. The van der Waals surface area contributed by atoms with E-state index in [0.29, 0.717) is 31.1 Å². The zero-order valence-electron chi connectivity index (χ0n) is 14.8. The van der Waals surface area contributed by atoms with Gasteiger partial charge in [-0.3, -0.25) is 9.56 Å². The van der Waals surface area contributed by atoms with Gasteiger partial charge in [0.1, 0.15) is 17.9 Å². The highest BCUT2D eigenvalue weighted by molar-refractivity contribution is 7.52. The highest BCUT2D eigenvalue weighted by Gasteiger charge is 2.22. The minimum atomic E-state index is -3.80. The van der Waals surface area contributed by atoms with Crippen molar-refractivity contribution in [2.75, 3.05) is 33.7 Å². The van der Waals surface area contributed by atoms with Crippen molar-refractivity contribution in [3.05, 3.63) is 12.0 Å². The molecule has 25 heavy (non-hydrogen) atoms. The standard InChI is InChI=1S/C14H26N5O5P/c1-11(23-10-25(20,21)24-7-5-6-22-4)8-19-9-18-12(13(15)16-2)14(19)17-3/h9,11H,3,5-8,10H2,1-2,4H3,(H2,15,16)(H,20,21). The van der Waals surface area contributed by atoms with E-state index in [1.54, 1.807) is 25.6 Å². The van der Waals surface area contributed by atoms with Gasteiger partial charge in [-0.25, -0.2) is 9.98 Å². The Bertz CT molecular complexity index is 633. The van der Waals surface area contributed by atoms with Crippen LogP contribution in [0.15, 0.2) is 16.3 Å². The van der Waals surface area contributed by atoms with Crippen LogP contribution < -0.4 is 5.73 Å². The summed E-state index contributed by atoms with van der Waals surface area (Å²) in [5.74, 6) is 0.709. The first-order valence-corrected chi connectivity index (χ1v) is 9.42. The third-order valence-corrected chi connectivity index (χ3v) is 4.27. The predicted molar refractivity (Wildman–Crippen MR) is 95.8 cm³/mol. The molecule has 0 saturated carbocycles. The minimum Gasteiger partial charge on any atom is -0.385 e. The first-order valence-electron chi connectivity index (χ1n) is 7.66. The molecule has 10 nitrogen and oxygen atoms in total. The number of aliphatic imine (C=N–C) groups is 2. The average Bonchev–Trinajstić information content (AvgIpc) is 2.99. The van der Waals surface area contributed by atoms with Gasteiger partial charge in [-0.05, 0) is 20.1 Å². The van der Waals surface area contributed by atoms with E-state index < -0.39 is 13.9 Å². The highest BCUT2D eigenvalue weighted by atomic mass is 31.2. The van der Waals surface area contributed by atoms with Gasteiger partial charge in [0.05, 0.1) is 25.6 Å². The molecule has 1 aromatic rings. The lowest BCUT2D eigenvalue weighted by molar-refractivity contribution is 0.0700. The number of aromatic nitrogens is 2. The molecule has 0 bridgehead atoms. The number of imidazole rings is 1. The summed E-state index contributed by atoms with van der Waals surface area (Å²) in [6.07, 6.45) is 1.28. The van der Waals surface area contributed by atoms with Gasteiger partial charge >= 0.3 is 7.60 Å². The van der Waals surface area contributed by atoms with Crippen LogP contribution in [0.2, 0.25) is 0 Å². The van der Waals surface area contributed by atoms with E-state index in [2.05, 4.69) is 21.7 Å². The summed E-state index contributed by atoms with van der Waals surface area (Å²) in [6.45, 7) is 6.20. The van der Waals surface area contributed by atoms with Crippen molar-refractivity contribution in [3.63, 3.8) is 0 Å². The summed E-state index contributed by atoms with van der Waals surface area (Å²) in [5, 5.41) is 0. The molecule has 0 saturated heterocycles. The predicted octanol–water partition coefficient (Wildman–Crippen LogP) is 1.15. The molecular weight excluding hydrogens is 349 g/mol. The SMILES string of the molecule is C=Nc1c(C(N)=NC)ncn1CC(C)OCP(=O)(O)OCCCOC.